The minimum absolute atomic E-state index is 0.575. The Kier molecular flexibility index (Phi) is 2.14. The van der Waals surface area contributed by atoms with Crippen molar-refractivity contribution in [3.05, 3.63) is 41.5 Å². The highest BCUT2D eigenvalue weighted by Gasteiger charge is 2.38. The van der Waals surface area contributed by atoms with Gasteiger partial charge in [0.05, 0.1) is 5.41 Å². The molecule has 1 aromatic rings. The molecule has 1 unspecified atom stereocenters. The molecular weight excluding hydrogens is 188 g/mol. The summed E-state index contributed by atoms with van der Waals surface area (Å²) in [7, 11) is 0. The number of carbonyl (C=O) groups is 1. The molecule has 0 bridgehead atoms. The monoisotopic (exact) mass is 202 g/mol. The molecule has 15 heavy (non-hydrogen) atoms. The molecule has 2 rings (SSSR count). The second-order valence-corrected chi connectivity index (χ2v) is 4.27. The molecule has 2 nitrogen and oxygen atoms in total. The van der Waals surface area contributed by atoms with E-state index in [0.717, 1.165) is 11.1 Å². The van der Waals surface area contributed by atoms with Gasteiger partial charge in [-0.25, -0.2) is 0 Å². The summed E-state index contributed by atoms with van der Waals surface area (Å²) in [6.45, 7) is 3.82. The highest BCUT2D eigenvalue weighted by atomic mass is 16.4. The van der Waals surface area contributed by atoms with E-state index in [2.05, 4.69) is 0 Å². The van der Waals surface area contributed by atoms with Crippen LogP contribution in [0.4, 0.5) is 0 Å². The van der Waals surface area contributed by atoms with E-state index in [1.54, 1.807) is 6.92 Å². The van der Waals surface area contributed by atoms with Crippen molar-refractivity contribution in [3.63, 3.8) is 0 Å². The quantitative estimate of drug-likeness (QED) is 0.760. The molecule has 1 aliphatic rings. The van der Waals surface area contributed by atoms with Crippen molar-refractivity contribution in [2.45, 2.75) is 25.7 Å². The zero-order chi connectivity index (χ0) is 11.1. The van der Waals surface area contributed by atoms with E-state index in [9.17, 15) is 9.90 Å². The van der Waals surface area contributed by atoms with Crippen molar-refractivity contribution in [2.24, 2.45) is 0 Å². The molecule has 0 radical (unpaired) electrons. The lowest BCUT2D eigenvalue weighted by molar-refractivity contribution is -0.143. The van der Waals surface area contributed by atoms with Gasteiger partial charge in [-0.05, 0) is 37.0 Å². The Morgan fingerprint density at radius 3 is 2.73 bits per heavy atom. The maximum atomic E-state index is 11.3. The molecule has 1 aromatic carbocycles. The van der Waals surface area contributed by atoms with Crippen molar-refractivity contribution in [1.29, 1.82) is 0 Å². The average Bonchev–Trinajstić information content (AvgIpc) is 2.24. The lowest BCUT2D eigenvalue weighted by Crippen LogP contribution is -2.34. The van der Waals surface area contributed by atoms with Crippen LogP contribution in [0.5, 0.6) is 0 Å². The second-order valence-electron chi connectivity index (χ2n) is 4.27. The topological polar surface area (TPSA) is 37.3 Å². The van der Waals surface area contributed by atoms with E-state index in [0.29, 0.717) is 6.42 Å². The van der Waals surface area contributed by atoms with E-state index in [1.165, 1.54) is 5.57 Å². The Labute approximate surface area is 89.2 Å². The lowest BCUT2D eigenvalue weighted by Gasteiger charge is -2.30. The summed E-state index contributed by atoms with van der Waals surface area (Å²) in [5.41, 5.74) is 2.39. The number of benzene rings is 1. The van der Waals surface area contributed by atoms with Gasteiger partial charge >= 0.3 is 5.97 Å². The molecule has 1 aliphatic carbocycles. The molecule has 0 fully saturated rings. The molecule has 0 spiro atoms. The molecule has 0 saturated carbocycles. The van der Waals surface area contributed by atoms with Crippen molar-refractivity contribution < 1.29 is 9.90 Å². The first-order chi connectivity index (χ1) is 7.05. The summed E-state index contributed by atoms with van der Waals surface area (Å²) in [6, 6.07) is 7.75. The van der Waals surface area contributed by atoms with Gasteiger partial charge in [-0.3, -0.25) is 4.79 Å². The second kappa shape index (κ2) is 3.23. The smallest absolute Gasteiger partial charge is 0.314 e. The third-order valence-corrected chi connectivity index (χ3v) is 3.23. The highest BCUT2D eigenvalue weighted by Crippen LogP contribution is 2.38. The lowest BCUT2D eigenvalue weighted by atomic mass is 9.72. The van der Waals surface area contributed by atoms with Gasteiger partial charge in [0.1, 0.15) is 0 Å². The number of carboxylic acids is 1. The Bertz CT molecular complexity index is 446. The Morgan fingerprint density at radius 2 is 2.07 bits per heavy atom. The van der Waals surface area contributed by atoms with Crippen molar-refractivity contribution in [2.75, 3.05) is 0 Å². The van der Waals surface area contributed by atoms with Gasteiger partial charge < -0.3 is 5.11 Å². The van der Waals surface area contributed by atoms with Crippen molar-refractivity contribution >= 4 is 11.5 Å². The average molecular weight is 202 g/mol. The minimum Gasteiger partial charge on any atom is -0.481 e. The van der Waals surface area contributed by atoms with Gasteiger partial charge in [0.2, 0.25) is 0 Å². The van der Waals surface area contributed by atoms with Crippen LogP contribution in [0.15, 0.2) is 30.3 Å². The van der Waals surface area contributed by atoms with Crippen LogP contribution in [0.2, 0.25) is 0 Å². The Hall–Kier alpha value is -1.57. The van der Waals surface area contributed by atoms with Gasteiger partial charge in [0, 0.05) is 0 Å². The number of allylic oxidation sites excluding steroid dienone is 2. The maximum Gasteiger partial charge on any atom is 0.314 e. The molecule has 0 saturated heterocycles. The predicted octanol–water partition coefficient (Wildman–Crippen LogP) is 2.84. The van der Waals surface area contributed by atoms with E-state index >= 15 is 0 Å². The molecule has 1 atom stereocenters. The van der Waals surface area contributed by atoms with Gasteiger partial charge in [0.25, 0.3) is 0 Å². The fourth-order valence-corrected chi connectivity index (χ4v) is 2.09. The van der Waals surface area contributed by atoms with Crippen LogP contribution in [0.3, 0.4) is 0 Å². The first kappa shape index (κ1) is 9.97. The largest absolute Gasteiger partial charge is 0.481 e. The third-order valence-electron chi connectivity index (χ3n) is 3.23. The molecule has 1 N–H and O–H groups in total. The fourth-order valence-electron chi connectivity index (χ4n) is 2.09. The van der Waals surface area contributed by atoms with Crippen LogP contribution in [0.25, 0.3) is 5.57 Å². The zero-order valence-corrected chi connectivity index (χ0v) is 8.95. The van der Waals surface area contributed by atoms with Crippen molar-refractivity contribution in [3.8, 4) is 0 Å². The maximum absolute atomic E-state index is 11.3. The summed E-state index contributed by atoms with van der Waals surface area (Å²) in [5, 5.41) is 9.30. The first-order valence-corrected chi connectivity index (χ1v) is 5.06. The third kappa shape index (κ3) is 1.37. The summed E-state index contributed by atoms with van der Waals surface area (Å²) in [5.74, 6) is -0.751. The summed E-state index contributed by atoms with van der Waals surface area (Å²) < 4.78 is 0. The number of fused-ring (bicyclic) bond motifs is 1. The molecule has 0 aromatic heterocycles. The Morgan fingerprint density at radius 1 is 1.40 bits per heavy atom. The van der Waals surface area contributed by atoms with Gasteiger partial charge in [-0.1, -0.05) is 30.3 Å². The van der Waals surface area contributed by atoms with E-state index in [-0.39, 0.29) is 0 Å². The number of hydrogen-bond acceptors (Lipinski definition) is 1. The van der Waals surface area contributed by atoms with E-state index in [1.807, 2.05) is 37.3 Å². The number of hydrogen-bond donors (Lipinski definition) is 1. The summed E-state index contributed by atoms with van der Waals surface area (Å²) >= 11 is 0. The van der Waals surface area contributed by atoms with E-state index < -0.39 is 11.4 Å². The molecule has 0 amide bonds. The molecule has 0 heterocycles. The minimum atomic E-state index is -0.768. The number of carboxylic acid groups (broad SMARTS) is 1. The highest BCUT2D eigenvalue weighted by molar-refractivity contribution is 5.86. The first-order valence-electron chi connectivity index (χ1n) is 5.06. The van der Waals surface area contributed by atoms with Crippen molar-refractivity contribution in [1.82, 2.24) is 0 Å². The fraction of sp³-hybridized carbons (Fsp3) is 0.308. The Balaban J connectivity index is 2.65. The zero-order valence-electron chi connectivity index (χ0n) is 8.95. The van der Waals surface area contributed by atoms with Gasteiger partial charge in [-0.15, -0.1) is 0 Å². The SMILES string of the molecule is CC1=CCC(C)(C(=O)O)c2ccccc21. The van der Waals surface area contributed by atoms with Gasteiger partial charge in [-0.2, -0.15) is 0 Å². The van der Waals surface area contributed by atoms with Crippen LogP contribution < -0.4 is 0 Å². The van der Waals surface area contributed by atoms with Crippen LogP contribution in [-0.4, -0.2) is 11.1 Å². The molecular formula is C13H14O2. The predicted molar refractivity (Wildman–Crippen MR) is 59.7 cm³/mol. The van der Waals surface area contributed by atoms with Crippen LogP contribution in [-0.2, 0) is 10.2 Å². The van der Waals surface area contributed by atoms with Crippen LogP contribution >= 0.6 is 0 Å². The van der Waals surface area contributed by atoms with E-state index in [4.69, 9.17) is 0 Å². The van der Waals surface area contributed by atoms with Crippen LogP contribution in [0.1, 0.15) is 31.4 Å². The standard InChI is InChI=1S/C13H14O2/c1-9-7-8-13(2,12(14)15)11-6-4-3-5-10(9)11/h3-7H,8H2,1-2H3,(H,14,15). The molecule has 0 aliphatic heterocycles. The molecule has 78 valence electrons. The normalized spacial score (nSPS) is 24.3. The van der Waals surface area contributed by atoms with Crippen LogP contribution in [0, 0.1) is 0 Å². The summed E-state index contributed by atoms with van der Waals surface area (Å²) in [4.78, 5) is 11.3. The number of aliphatic carboxylic acids is 1. The molecule has 2 heteroatoms. The summed E-state index contributed by atoms with van der Waals surface area (Å²) in [6.07, 6.45) is 2.58. The van der Waals surface area contributed by atoms with Gasteiger partial charge in [0.15, 0.2) is 0 Å². The number of rotatable bonds is 1.